The summed E-state index contributed by atoms with van der Waals surface area (Å²) in [5, 5.41) is 2.57. The van der Waals surface area contributed by atoms with E-state index in [1.807, 2.05) is 0 Å². The van der Waals surface area contributed by atoms with Crippen LogP contribution in [0.2, 0.25) is 0 Å². The maximum absolute atomic E-state index is 12.4. The lowest BCUT2D eigenvalue weighted by molar-refractivity contribution is 0.0943. The third-order valence-corrected chi connectivity index (χ3v) is 3.42. The average Bonchev–Trinajstić information content (AvgIpc) is 2.75. The summed E-state index contributed by atoms with van der Waals surface area (Å²) in [7, 11) is 0. The van der Waals surface area contributed by atoms with Gasteiger partial charge in [-0.05, 0) is 37.7 Å². The van der Waals surface area contributed by atoms with Crippen LogP contribution in [0.4, 0.5) is 8.78 Å². The Morgan fingerprint density at radius 1 is 1.48 bits per heavy atom. The molecule has 2 rings (SSSR count). The highest BCUT2D eigenvalue weighted by Crippen LogP contribution is 2.26. The van der Waals surface area contributed by atoms with E-state index in [1.54, 1.807) is 13.8 Å². The number of halogens is 2. The van der Waals surface area contributed by atoms with E-state index < -0.39 is 11.7 Å². The predicted molar refractivity (Wildman–Crippen MR) is 73.2 cm³/mol. The number of hydrogen-bond donors (Lipinski definition) is 1. The number of oxazole rings is 1. The largest absolute Gasteiger partial charge is 0.444 e. The van der Waals surface area contributed by atoms with E-state index in [0.29, 0.717) is 11.7 Å². The van der Waals surface area contributed by atoms with Crippen molar-refractivity contribution in [3.05, 3.63) is 41.2 Å². The van der Waals surface area contributed by atoms with Crippen LogP contribution in [0.3, 0.4) is 0 Å². The minimum Gasteiger partial charge on any atom is -0.444 e. The number of nitrogens with one attached hydrogen (secondary N) is 1. The standard InChI is InChI=1S/C13H13F2N3O2S/c1-7-8(2)20-10(18-7)6-17-11(19)9-4-3-5-16-12(9)21-13(14)15/h3-5,13H,6H2,1-2H3,(H,17,19). The van der Waals surface area contributed by atoms with Crippen LogP contribution in [-0.4, -0.2) is 21.6 Å². The highest BCUT2D eigenvalue weighted by molar-refractivity contribution is 7.99. The molecule has 0 aromatic carbocycles. The van der Waals surface area contributed by atoms with Crippen molar-refractivity contribution in [1.82, 2.24) is 15.3 Å². The zero-order valence-electron chi connectivity index (χ0n) is 11.4. The number of aromatic nitrogens is 2. The molecule has 0 radical (unpaired) electrons. The van der Waals surface area contributed by atoms with Crippen molar-refractivity contribution in [2.45, 2.75) is 31.2 Å². The molecule has 21 heavy (non-hydrogen) atoms. The Balaban J connectivity index is 2.06. The Morgan fingerprint density at radius 2 is 2.24 bits per heavy atom. The van der Waals surface area contributed by atoms with Crippen LogP contribution in [-0.2, 0) is 6.54 Å². The minimum absolute atomic E-state index is 0.00948. The van der Waals surface area contributed by atoms with E-state index in [4.69, 9.17) is 4.42 Å². The fraction of sp³-hybridized carbons (Fsp3) is 0.308. The zero-order chi connectivity index (χ0) is 15.4. The Kier molecular flexibility index (Phi) is 4.89. The van der Waals surface area contributed by atoms with Gasteiger partial charge in [0.05, 0.1) is 17.8 Å². The van der Waals surface area contributed by atoms with Gasteiger partial charge in [-0.3, -0.25) is 4.79 Å². The maximum Gasteiger partial charge on any atom is 0.290 e. The summed E-state index contributed by atoms with van der Waals surface area (Å²) in [6, 6.07) is 2.96. The first-order valence-corrected chi connectivity index (χ1v) is 6.96. The van der Waals surface area contributed by atoms with Crippen LogP contribution in [0, 0.1) is 13.8 Å². The summed E-state index contributed by atoms with van der Waals surface area (Å²) < 4.78 is 30.2. The van der Waals surface area contributed by atoms with E-state index in [-0.39, 0.29) is 28.9 Å². The van der Waals surface area contributed by atoms with Gasteiger partial charge in [-0.1, -0.05) is 0 Å². The van der Waals surface area contributed by atoms with Crippen LogP contribution in [0.5, 0.6) is 0 Å². The van der Waals surface area contributed by atoms with E-state index >= 15 is 0 Å². The molecule has 0 aliphatic carbocycles. The number of carbonyl (C=O) groups is 1. The summed E-state index contributed by atoms with van der Waals surface area (Å²) in [4.78, 5) is 20.0. The van der Waals surface area contributed by atoms with E-state index in [9.17, 15) is 13.6 Å². The summed E-state index contributed by atoms with van der Waals surface area (Å²) >= 11 is 0.237. The van der Waals surface area contributed by atoms with Crippen molar-refractivity contribution in [2.75, 3.05) is 0 Å². The fourth-order valence-corrected chi connectivity index (χ4v) is 2.19. The highest BCUT2D eigenvalue weighted by atomic mass is 32.2. The van der Waals surface area contributed by atoms with Gasteiger partial charge >= 0.3 is 0 Å². The van der Waals surface area contributed by atoms with Crippen LogP contribution >= 0.6 is 11.8 Å². The van der Waals surface area contributed by atoms with Crippen molar-refractivity contribution >= 4 is 17.7 Å². The number of amides is 1. The Bertz CT molecular complexity index is 627. The smallest absolute Gasteiger partial charge is 0.290 e. The van der Waals surface area contributed by atoms with Gasteiger partial charge in [0.1, 0.15) is 10.8 Å². The number of pyridine rings is 1. The van der Waals surface area contributed by atoms with Crippen molar-refractivity contribution in [3.8, 4) is 0 Å². The molecule has 0 aliphatic heterocycles. The number of carbonyl (C=O) groups excluding carboxylic acids is 1. The molecule has 1 N–H and O–H groups in total. The number of hydrogen-bond acceptors (Lipinski definition) is 5. The number of alkyl halides is 2. The lowest BCUT2D eigenvalue weighted by atomic mass is 10.2. The van der Waals surface area contributed by atoms with E-state index in [2.05, 4.69) is 15.3 Å². The van der Waals surface area contributed by atoms with Crippen LogP contribution < -0.4 is 5.32 Å². The molecular weight excluding hydrogens is 300 g/mol. The second-order valence-corrected chi connectivity index (χ2v) is 5.15. The van der Waals surface area contributed by atoms with Crippen molar-refractivity contribution in [3.63, 3.8) is 0 Å². The lowest BCUT2D eigenvalue weighted by Crippen LogP contribution is -2.24. The Hall–Kier alpha value is -1.96. The number of aryl methyl sites for hydroxylation is 2. The SMILES string of the molecule is Cc1nc(CNC(=O)c2cccnc2SC(F)F)oc1C. The quantitative estimate of drug-likeness (QED) is 0.860. The van der Waals surface area contributed by atoms with Gasteiger partial charge in [0.25, 0.3) is 11.7 Å². The monoisotopic (exact) mass is 313 g/mol. The number of rotatable bonds is 5. The molecule has 2 aromatic heterocycles. The summed E-state index contributed by atoms with van der Waals surface area (Å²) in [5.74, 6) is -2.09. The number of thioether (sulfide) groups is 1. The molecule has 0 spiro atoms. The highest BCUT2D eigenvalue weighted by Gasteiger charge is 2.17. The topological polar surface area (TPSA) is 68.0 Å². The molecule has 112 valence electrons. The predicted octanol–water partition coefficient (Wildman–Crippen LogP) is 2.93. The molecule has 0 saturated heterocycles. The van der Waals surface area contributed by atoms with E-state index in [1.165, 1.54) is 18.3 Å². The van der Waals surface area contributed by atoms with Gasteiger partial charge in [-0.2, -0.15) is 8.78 Å². The fourth-order valence-electron chi connectivity index (χ4n) is 1.61. The Labute approximate surface area is 124 Å². The second kappa shape index (κ2) is 6.66. The molecule has 0 unspecified atom stereocenters. The maximum atomic E-state index is 12.4. The molecule has 0 atom stereocenters. The molecule has 1 amide bonds. The van der Waals surface area contributed by atoms with Crippen molar-refractivity contribution in [1.29, 1.82) is 0 Å². The molecule has 5 nitrogen and oxygen atoms in total. The van der Waals surface area contributed by atoms with Crippen LogP contribution in [0.25, 0.3) is 0 Å². The molecule has 8 heteroatoms. The minimum atomic E-state index is -2.64. The Morgan fingerprint density at radius 3 is 2.86 bits per heavy atom. The molecule has 2 aromatic rings. The molecule has 2 heterocycles. The third kappa shape index (κ3) is 4.01. The van der Waals surface area contributed by atoms with Crippen molar-refractivity contribution < 1.29 is 18.0 Å². The van der Waals surface area contributed by atoms with Gasteiger partial charge in [-0.25, -0.2) is 9.97 Å². The zero-order valence-corrected chi connectivity index (χ0v) is 12.2. The molecule has 0 aliphatic rings. The lowest BCUT2D eigenvalue weighted by Gasteiger charge is -2.07. The van der Waals surface area contributed by atoms with Crippen molar-refractivity contribution in [2.24, 2.45) is 0 Å². The number of nitrogens with zero attached hydrogens (tertiary/aromatic N) is 2. The van der Waals surface area contributed by atoms with Gasteiger partial charge in [0.2, 0.25) is 5.89 Å². The van der Waals surface area contributed by atoms with Crippen LogP contribution in [0.1, 0.15) is 27.7 Å². The van der Waals surface area contributed by atoms with Gasteiger partial charge in [-0.15, -0.1) is 0 Å². The van der Waals surface area contributed by atoms with Gasteiger partial charge in [0, 0.05) is 6.20 Å². The molecule has 0 bridgehead atoms. The second-order valence-electron chi connectivity index (χ2n) is 4.17. The van der Waals surface area contributed by atoms with Gasteiger partial charge < -0.3 is 9.73 Å². The molecule has 0 fully saturated rings. The summed E-state index contributed by atoms with van der Waals surface area (Å²) in [5.41, 5.74) is 0.845. The molecular formula is C13H13F2N3O2S. The summed E-state index contributed by atoms with van der Waals surface area (Å²) in [6.07, 6.45) is 1.36. The first-order chi connectivity index (χ1) is 9.97. The normalized spacial score (nSPS) is 10.9. The first kappa shape index (κ1) is 15.4. The van der Waals surface area contributed by atoms with Crippen LogP contribution in [0.15, 0.2) is 27.8 Å². The van der Waals surface area contributed by atoms with E-state index in [0.717, 1.165) is 5.69 Å². The van der Waals surface area contributed by atoms with Gasteiger partial charge in [0.15, 0.2) is 0 Å². The first-order valence-electron chi connectivity index (χ1n) is 6.08. The average molecular weight is 313 g/mol. The third-order valence-electron chi connectivity index (χ3n) is 2.69. The summed E-state index contributed by atoms with van der Waals surface area (Å²) in [6.45, 7) is 3.65. The molecule has 0 saturated carbocycles.